The number of morpholine rings is 1. The second-order valence-electron chi connectivity index (χ2n) is 4.11. The van der Waals surface area contributed by atoms with Gasteiger partial charge in [-0.1, -0.05) is 18.2 Å². The Morgan fingerprint density at radius 2 is 2.18 bits per heavy atom. The lowest BCUT2D eigenvalue weighted by Gasteiger charge is -2.33. The zero-order valence-electron chi connectivity index (χ0n) is 10.3. The maximum absolute atomic E-state index is 5.37. The van der Waals surface area contributed by atoms with Crippen molar-refractivity contribution in [2.75, 3.05) is 33.4 Å². The summed E-state index contributed by atoms with van der Waals surface area (Å²) in [5.41, 5.74) is 1.22. The van der Waals surface area contributed by atoms with Gasteiger partial charge in [0.15, 0.2) is 0 Å². The molecule has 3 heteroatoms. The third-order valence-electron chi connectivity index (χ3n) is 3.10. The van der Waals surface area contributed by atoms with Gasteiger partial charge < -0.3 is 9.47 Å². The Morgan fingerprint density at radius 3 is 2.82 bits per heavy atom. The molecule has 1 fully saturated rings. The van der Waals surface area contributed by atoms with Crippen LogP contribution in [0.3, 0.4) is 0 Å². The van der Waals surface area contributed by atoms with Crippen LogP contribution in [0.2, 0.25) is 0 Å². The Balaban J connectivity index is 2.18. The van der Waals surface area contributed by atoms with Crippen LogP contribution >= 0.6 is 0 Å². The number of hydrogen-bond donors (Lipinski definition) is 0. The smallest absolute Gasteiger partial charge is 0.119 e. The Bertz CT molecular complexity index is 372. The minimum Gasteiger partial charge on any atom is -0.497 e. The number of benzene rings is 1. The summed E-state index contributed by atoms with van der Waals surface area (Å²) in [6, 6.07) is 8.41. The molecule has 0 spiro atoms. The third kappa shape index (κ3) is 2.87. The van der Waals surface area contributed by atoms with E-state index in [0.717, 1.165) is 32.1 Å². The first-order valence-corrected chi connectivity index (χ1v) is 5.93. The van der Waals surface area contributed by atoms with E-state index in [-0.39, 0.29) is 6.04 Å². The van der Waals surface area contributed by atoms with E-state index in [0.29, 0.717) is 0 Å². The number of nitrogens with zero attached hydrogens (tertiary/aromatic N) is 1. The zero-order chi connectivity index (χ0) is 12.1. The summed E-state index contributed by atoms with van der Waals surface area (Å²) in [5.74, 6) is 0.891. The van der Waals surface area contributed by atoms with Gasteiger partial charge in [-0.05, 0) is 17.7 Å². The topological polar surface area (TPSA) is 21.7 Å². The summed E-state index contributed by atoms with van der Waals surface area (Å²) in [6.45, 7) is 7.45. The molecule has 0 aromatic heterocycles. The van der Waals surface area contributed by atoms with E-state index in [4.69, 9.17) is 9.47 Å². The maximum Gasteiger partial charge on any atom is 0.119 e. The van der Waals surface area contributed by atoms with E-state index >= 15 is 0 Å². The first-order valence-electron chi connectivity index (χ1n) is 5.93. The molecule has 2 rings (SSSR count). The number of hydrogen-bond acceptors (Lipinski definition) is 3. The summed E-state index contributed by atoms with van der Waals surface area (Å²) in [5, 5.41) is 0. The summed E-state index contributed by atoms with van der Waals surface area (Å²) in [6.07, 6.45) is 1.99. The van der Waals surface area contributed by atoms with Gasteiger partial charge in [-0.15, -0.1) is 6.58 Å². The molecule has 1 atom stereocenters. The molecule has 17 heavy (non-hydrogen) atoms. The van der Waals surface area contributed by atoms with Crippen molar-refractivity contribution in [2.45, 2.75) is 6.04 Å². The van der Waals surface area contributed by atoms with Crippen molar-refractivity contribution in [3.05, 3.63) is 42.5 Å². The van der Waals surface area contributed by atoms with Crippen molar-refractivity contribution >= 4 is 0 Å². The fourth-order valence-electron chi connectivity index (χ4n) is 2.18. The third-order valence-corrected chi connectivity index (χ3v) is 3.10. The second-order valence-corrected chi connectivity index (χ2v) is 4.11. The van der Waals surface area contributed by atoms with Gasteiger partial charge in [-0.3, -0.25) is 4.90 Å². The molecule has 1 heterocycles. The van der Waals surface area contributed by atoms with Gasteiger partial charge in [0.2, 0.25) is 0 Å². The molecule has 0 N–H and O–H groups in total. The van der Waals surface area contributed by atoms with Crippen LogP contribution in [0.5, 0.6) is 5.75 Å². The summed E-state index contributed by atoms with van der Waals surface area (Å²) in [4.78, 5) is 2.38. The molecular formula is C14H19NO2. The molecule has 0 saturated carbocycles. The van der Waals surface area contributed by atoms with Crippen LogP contribution in [-0.4, -0.2) is 38.3 Å². The van der Waals surface area contributed by atoms with Crippen molar-refractivity contribution in [1.29, 1.82) is 0 Å². The van der Waals surface area contributed by atoms with Crippen LogP contribution in [0.15, 0.2) is 36.9 Å². The van der Waals surface area contributed by atoms with E-state index in [1.807, 2.05) is 18.2 Å². The monoisotopic (exact) mass is 233 g/mol. The lowest BCUT2D eigenvalue weighted by molar-refractivity contribution is 0.0253. The van der Waals surface area contributed by atoms with Gasteiger partial charge in [-0.2, -0.15) is 0 Å². The highest BCUT2D eigenvalue weighted by molar-refractivity contribution is 5.32. The first-order chi connectivity index (χ1) is 8.35. The van der Waals surface area contributed by atoms with Gasteiger partial charge in [-0.25, -0.2) is 0 Å². The summed E-state index contributed by atoms with van der Waals surface area (Å²) < 4.78 is 10.6. The molecule has 1 unspecified atom stereocenters. The lowest BCUT2D eigenvalue weighted by Crippen LogP contribution is -2.38. The van der Waals surface area contributed by atoms with E-state index in [2.05, 4.69) is 23.6 Å². The summed E-state index contributed by atoms with van der Waals surface area (Å²) in [7, 11) is 1.69. The number of rotatable bonds is 4. The molecule has 0 aliphatic carbocycles. The van der Waals surface area contributed by atoms with E-state index in [1.54, 1.807) is 7.11 Å². The van der Waals surface area contributed by atoms with Crippen molar-refractivity contribution in [3.8, 4) is 5.75 Å². The Hall–Kier alpha value is -1.32. The average molecular weight is 233 g/mol. The first kappa shape index (κ1) is 12.1. The van der Waals surface area contributed by atoms with Gasteiger partial charge in [0.1, 0.15) is 5.75 Å². The standard InChI is InChI=1S/C14H19NO2/c1-3-14(15-7-9-17-10-8-15)12-5-4-6-13(11-12)16-2/h3-6,11,14H,1,7-10H2,2H3. The molecular weight excluding hydrogens is 214 g/mol. The largest absolute Gasteiger partial charge is 0.497 e. The number of ether oxygens (including phenoxy) is 2. The fraction of sp³-hybridized carbons (Fsp3) is 0.429. The van der Waals surface area contributed by atoms with Crippen LogP contribution in [0.25, 0.3) is 0 Å². The molecule has 0 radical (unpaired) electrons. The molecule has 1 aliphatic rings. The molecule has 92 valence electrons. The number of methoxy groups -OCH3 is 1. The molecule has 1 aromatic carbocycles. The Kier molecular flexibility index (Phi) is 4.18. The predicted octanol–water partition coefficient (Wildman–Crippen LogP) is 2.25. The van der Waals surface area contributed by atoms with Gasteiger partial charge >= 0.3 is 0 Å². The highest BCUT2D eigenvalue weighted by Gasteiger charge is 2.19. The Labute approximate surface area is 103 Å². The SMILES string of the molecule is C=CC(c1cccc(OC)c1)N1CCOCC1. The minimum absolute atomic E-state index is 0.244. The van der Waals surface area contributed by atoms with Gasteiger partial charge in [0.05, 0.1) is 26.4 Å². The van der Waals surface area contributed by atoms with Crippen molar-refractivity contribution in [3.63, 3.8) is 0 Å². The van der Waals surface area contributed by atoms with Crippen molar-refractivity contribution in [1.82, 2.24) is 4.90 Å². The second kappa shape index (κ2) is 5.84. The van der Waals surface area contributed by atoms with Crippen LogP contribution in [0.1, 0.15) is 11.6 Å². The van der Waals surface area contributed by atoms with Crippen LogP contribution in [0, 0.1) is 0 Å². The van der Waals surface area contributed by atoms with Crippen molar-refractivity contribution in [2.24, 2.45) is 0 Å². The normalized spacial score (nSPS) is 18.6. The minimum atomic E-state index is 0.244. The molecule has 1 aromatic rings. The highest BCUT2D eigenvalue weighted by atomic mass is 16.5. The van der Waals surface area contributed by atoms with Crippen LogP contribution in [-0.2, 0) is 4.74 Å². The Morgan fingerprint density at radius 1 is 1.41 bits per heavy atom. The summed E-state index contributed by atoms with van der Waals surface area (Å²) >= 11 is 0. The quantitative estimate of drug-likeness (QED) is 0.745. The lowest BCUT2D eigenvalue weighted by atomic mass is 10.0. The molecule has 0 bridgehead atoms. The van der Waals surface area contributed by atoms with Crippen molar-refractivity contribution < 1.29 is 9.47 Å². The maximum atomic E-state index is 5.37. The van der Waals surface area contributed by atoms with E-state index in [9.17, 15) is 0 Å². The molecule has 0 amide bonds. The van der Waals surface area contributed by atoms with Crippen LogP contribution in [0.4, 0.5) is 0 Å². The highest BCUT2D eigenvalue weighted by Crippen LogP contribution is 2.25. The average Bonchev–Trinajstić information content (AvgIpc) is 2.41. The fourth-order valence-corrected chi connectivity index (χ4v) is 2.18. The van der Waals surface area contributed by atoms with Gasteiger partial charge in [0, 0.05) is 13.1 Å². The molecule has 3 nitrogen and oxygen atoms in total. The van der Waals surface area contributed by atoms with Gasteiger partial charge in [0.25, 0.3) is 0 Å². The van der Waals surface area contributed by atoms with E-state index < -0.39 is 0 Å². The zero-order valence-corrected chi connectivity index (χ0v) is 10.3. The van der Waals surface area contributed by atoms with Crippen LogP contribution < -0.4 is 4.74 Å². The molecule has 1 saturated heterocycles. The predicted molar refractivity (Wildman–Crippen MR) is 68.3 cm³/mol. The molecule has 1 aliphatic heterocycles. The van der Waals surface area contributed by atoms with E-state index in [1.165, 1.54) is 5.56 Å².